The second-order valence-corrected chi connectivity index (χ2v) is 8.56. The van der Waals surface area contributed by atoms with Gasteiger partial charge >= 0.3 is 5.97 Å². The van der Waals surface area contributed by atoms with Gasteiger partial charge in [0.25, 0.3) is 0 Å². The van der Waals surface area contributed by atoms with Gasteiger partial charge in [-0.05, 0) is 75.6 Å². The maximum absolute atomic E-state index is 11.3. The molecule has 0 bridgehead atoms. The van der Waals surface area contributed by atoms with E-state index in [0.717, 1.165) is 48.2 Å². The second kappa shape index (κ2) is 8.42. The lowest BCUT2D eigenvalue weighted by Crippen LogP contribution is -2.20. The van der Waals surface area contributed by atoms with Crippen LogP contribution in [0.15, 0.2) is 42.5 Å². The van der Waals surface area contributed by atoms with E-state index in [-0.39, 0.29) is 12.0 Å². The molecular formula is C25H29N3O2. The molecule has 0 aliphatic heterocycles. The van der Waals surface area contributed by atoms with Gasteiger partial charge in [0.1, 0.15) is 11.6 Å². The summed E-state index contributed by atoms with van der Waals surface area (Å²) in [5.41, 5.74) is 4.65. The number of aryl methyl sites for hydroxylation is 2. The number of hydrogen-bond acceptors (Lipinski definition) is 4. The number of carboxylic acids is 1. The number of nitrogens with zero attached hydrogens (tertiary/aromatic N) is 2. The van der Waals surface area contributed by atoms with E-state index in [2.05, 4.69) is 66.6 Å². The van der Waals surface area contributed by atoms with Gasteiger partial charge in [0.15, 0.2) is 0 Å². The number of aliphatic carboxylic acids is 1. The summed E-state index contributed by atoms with van der Waals surface area (Å²) >= 11 is 0. The Kier molecular flexibility index (Phi) is 5.71. The molecule has 156 valence electrons. The molecule has 1 fully saturated rings. The maximum atomic E-state index is 11.3. The van der Waals surface area contributed by atoms with Crippen LogP contribution in [0.4, 0.5) is 5.82 Å². The molecule has 1 heterocycles. The Morgan fingerprint density at radius 3 is 2.53 bits per heavy atom. The summed E-state index contributed by atoms with van der Waals surface area (Å²) in [7, 11) is 0. The summed E-state index contributed by atoms with van der Waals surface area (Å²) in [6.07, 6.45) is 3.32. The minimum absolute atomic E-state index is 0.122. The summed E-state index contributed by atoms with van der Waals surface area (Å²) in [5, 5.41) is 13.9. The molecule has 1 aliphatic rings. The number of fused-ring (bicyclic) bond motifs is 1. The van der Waals surface area contributed by atoms with E-state index in [4.69, 9.17) is 4.98 Å². The molecule has 2 aromatic carbocycles. The minimum atomic E-state index is -0.660. The number of nitrogens with one attached hydrogen (secondary N) is 1. The number of anilines is 1. The lowest BCUT2D eigenvalue weighted by Gasteiger charge is -2.26. The first-order valence-electron chi connectivity index (χ1n) is 10.7. The van der Waals surface area contributed by atoms with Crippen LogP contribution in [0, 0.1) is 19.8 Å². The predicted molar refractivity (Wildman–Crippen MR) is 120 cm³/mol. The van der Waals surface area contributed by atoms with E-state index in [1.165, 1.54) is 16.7 Å². The Balaban J connectivity index is 1.63. The Morgan fingerprint density at radius 1 is 1.07 bits per heavy atom. The first-order chi connectivity index (χ1) is 14.4. The maximum Gasteiger partial charge on any atom is 0.306 e. The largest absolute Gasteiger partial charge is 0.481 e. The van der Waals surface area contributed by atoms with Crippen LogP contribution in [0.1, 0.15) is 67.1 Å². The van der Waals surface area contributed by atoms with Gasteiger partial charge in [-0.15, -0.1) is 0 Å². The molecule has 5 heteroatoms. The van der Waals surface area contributed by atoms with Gasteiger partial charge in [0, 0.05) is 11.4 Å². The number of hydrogen-bond donors (Lipinski definition) is 2. The highest BCUT2D eigenvalue weighted by molar-refractivity contribution is 5.90. The van der Waals surface area contributed by atoms with Crippen LogP contribution < -0.4 is 5.32 Å². The van der Waals surface area contributed by atoms with E-state index in [1.807, 2.05) is 6.92 Å². The van der Waals surface area contributed by atoms with Gasteiger partial charge in [-0.2, -0.15) is 0 Å². The fourth-order valence-electron chi connectivity index (χ4n) is 4.53. The van der Waals surface area contributed by atoms with Crippen molar-refractivity contribution in [2.45, 2.75) is 58.4 Å². The Morgan fingerprint density at radius 2 is 1.83 bits per heavy atom. The standard InChI is InChI=1S/C25H29N3O2/c1-15-5-4-6-20(13-15)16(2)26-24-22-14-21(11-12-23(22)27-17(3)28-24)18-7-9-19(10-8-18)25(29)30/h4-6,11-14,16,18-19H,7-10H2,1-3H3,(H,29,30)(H,26,27,28)/t16-,18?,19?/m0/s1. The second-order valence-electron chi connectivity index (χ2n) is 8.56. The molecule has 1 atom stereocenters. The van der Waals surface area contributed by atoms with Gasteiger partial charge in [0.2, 0.25) is 0 Å². The van der Waals surface area contributed by atoms with Crippen molar-refractivity contribution in [3.8, 4) is 0 Å². The van der Waals surface area contributed by atoms with Crippen molar-refractivity contribution in [3.05, 3.63) is 65.0 Å². The highest BCUT2D eigenvalue weighted by Crippen LogP contribution is 2.37. The van der Waals surface area contributed by atoms with Crippen molar-refractivity contribution in [3.63, 3.8) is 0 Å². The van der Waals surface area contributed by atoms with E-state index in [9.17, 15) is 9.90 Å². The van der Waals surface area contributed by atoms with Gasteiger partial charge in [-0.3, -0.25) is 4.79 Å². The number of aromatic nitrogens is 2. The quantitative estimate of drug-likeness (QED) is 0.565. The van der Waals surface area contributed by atoms with Crippen molar-refractivity contribution >= 4 is 22.7 Å². The molecule has 0 radical (unpaired) electrons. The normalized spacial score (nSPS) is 20.1. The van der Waals surface area contributed by atoms with Crippen LogP contribution in [0.3, 0.4) is 0 Å². The van der Waals surface area contributed by atoms with Crippen molar-refractivity contribution in [2.75, 3.05) is 5.32 Å². The first-order valence-corrected chi connectivity index (χ1v) is 10.7. The van der Waals surface area contributed by atoms with Crippen LogP contribution in [-0.2, 0) is 4.79 Å². The molecule has 1 aromatic heterocycles. The molecule has 0 saturated heterocycles. The highest BCUT2D eigenvalue weighted by atomic mass is 16.4. The molecular weight excluding hydrogens is 374 g/mol. The van der Waals surface area contributed by atoms with Crippen LogP contribution in [0.5, 0.6) is 0 Å². The fourth-order valence-corrected chi connectivity index (χ4v) is 4.53. The fraction of sp³-hybridized carbons (Fsp3) is 0.400. The van der Waals surface area contributed by atoms with Crippen LogP contribution in [-0.4, -0.2) is 21.0 Å². The van der Waals surface area contributed by atoms with Crippen LogP contribution in [0.2, 0.25) is 0 Å². The van der Waals surface area contributed by atoms with Crippen molar-refractivity contribution in [1.82, 2.24) is 9.97 Å². The molecule has 5 nitrogen and oxygen atoms in total. The highest BCUT2D eigenvalue weighted by Gasteiger charge is 2.27. The summed E-state index contributed by atoms with van der Waals surface area (Å²) < 4.78 is 0. The average molecular weight is 404 g/mol. The van der Waals surface area contributed by atoms with Crippen LogP contribution >= 0.6 is 0 Å². The van der Waals surface area contributed by atoms with Crippen molar-refractivity contribution in [1.29, 1.82) is 0 Å². The topological polar surface area (TPSA) is 75.1 Å². The third kappa shape index (κ3) is 4.30. The number of carboxylic acid groups (broad SMARTS) is 1. The third-order valence-electron chi connectivity index (χ3n) is 6.27. The predicted octanol–water partition coefficient (Wildman–Crippen LogP) is 5.78. The molecule has 30 heavy (non-hydrogen) atoms. The molecule has 1 aliphatic carbocycles. The SMILES string of the molecule is Cc1cccc([C@H](C)Nc2nc(C)nc3ccc(C4CCC(C(=O)O)CC4)cc23)c1. The van der Waals surface area contributed by atoms with Crippen molar-refractivity contribution in [2.24, 2.45) is 5.92 Å². The Hall–Kier alpha value is -2.95. The van der Waals surface area contributed by atoms with Gasteiger partial charge in [0.05, 0.1) is 11.4 Å². The lowest BCUT2D eigenvalue weighted by molar-refractivity contribution is -0.142. The zero-order valence-corrected chi connectivity index (χ0v) is 17.9. The first kappa shape index (κ1) is 20.3. The molecule has 0 spiro atoms. The van der Waals surface area contributed by atoms with Crippen molar-refractivity contribution < 1.29 is 9.90 Å². The molecule has 1 saturated carbocycles. The summed E-state index contributed by atoms with van der Waals surface area (Å²) in [4.78, 5) is 20.6. The zero-order chi connectivity index (χ0) is 21.3. The van der Waals surface area contributed by atoms with Gasteiger partial charge < -0.3 is 10.4 Å². The number of rotatable bonds is 5. The molecule has 0 unspecified atom stereocenters. The summed E-state index contributed by atoms with van der Waals surface area (Å²) in [5.74, 6) is 1.14. The Labute approximate surface area is 177 Å². The van der Waals surface area contributed by atoms with E-state index in [1.54, 1.807) is 0 Å². The molecule has 4 rings (SSSR count). The van der Waals surface area contributed by atoms with Crippen LogP contribution in [0.25, 0.3) is 10.9 Å². The molecule has 0 amide bonds. The monoisotopic (exact) mass is 403 g/mol. The lowest BCUT2D eigenvalue weighted by atomic mass is 9.78. The zero-order valence-electron chi connectivity index (χ0n) is 17.9. The summed E-state index contributed by atoms with van der Waals surface area (Å²) in [6.45, 7) is 6.17. The summed E-state index contributed by atoms with van der Waals surface area (Å²) in [6, 6.07) is 15.1. The third-order valence-corrected chi connectivity index (χ3v) is 6.27. The van der Waals surface area contributed by atoms with Gasteiger partial charge in [-0.25, -0.2) is 9.97 Å². The smallest absolute Gasteiger partial charge is 0.306 e. The average Bonchev–Trinajstić information content (AvgIpc) is 2.73. The number of benzene rings is 2. The van der Waals surface area contributed by atoms with E-state index < -0.39 is 5.97 Å². The molecule has 3 aromatic rings. The van der Waals surface area contributed by atoms with E-state index >= 15 is 0 Å². The van der Waals surface area contributed by atoms with E-state index in [0.29, 0.717) is 5.92 Å². The number of carbonyl (C=O) groups is 1. The Bertz CT molecular complexity index is 1070. The molecule has 2 N–H and O–H groups in total. The minimum Gasteiger partial charge on any atom is -0.481 e. The van der Waals surface area contributed by atoms with Gasteiger partial charge in [-0.1, -0.05) is 35.9 Å².